The lowest BCUT2D eigenvalue weighted by molar-refractivity contribution is -0.197. The molecule has 3 nitrogen and oxygen atoms in total. The van der Waals surface area contributed by atoms with E-state index in [1.807, 2.05) is 0 Å². The van der Waals surface area contributed by atoms with Crippen LogP contribution in [0.3, 0.4) is 0 Å². The molecule has 1 atom stereocenters. The van der Waals surface area contributed by atoms with E-state index in [1.165, 1.54) is 44.9 Å². The number of nitrogens with zero attached hydrogens (tertiary/aromatic N) is 1. The molecule has 140 valence electrons. The number of rotatable bonds is 4. The van der Waals surface area contributed by atoms with Crippen LogP contribution in [0.15, 0.2) is 0 Å². The first kappa shape index (κ1) is 18.7. The quantitative estimate of drug-likeness (QED) is 0.721. The SMILES string of the molecule is CN(CCC1COC2(CCC(C(C)(C)C)CC2)O1)C1CCCCC1. The fourth-order valence-electron chi connectivity index (χ4n) is 5.00. The van der Waals surface area contributed by atoms with Crippen LogP contribution in [0, 0.1) is 11.3 Å². The molecule has 0 bridgehead atoms. The molecule has 0 N–H and O–H groups in total. The third kappa shape index (κ3) is 4.53. The summed E-state index contributed by atoms with van der Waals surface area (Å²) in [5.41, 5.74) is 0.419. The molecule has 1 unspecified atom stereocenters. The van der Waals surface area contributed by atoms with Gasteiger partial charge in [0, 0.05) is 25.4 Å². The van der Waals surface area contributed by atoms with Crippen LogP contribution in [-0.2, 0) is 9.47 Å². The van der Waals surface area contributed by atoms with Crippen LogP contribution in [-0.4, -0.2) is 43.0 Å². The van der Waals surface area contributed by atoms with Gasteiger partial charge in [-0.2, -0.15) is 0 Å². The van der Waals surface area contributed by atoms with Gasteiger partial charge in [-0.3, -0.25) is 0 Å². The maximum Gasteiger partial charge on any atom is 0.168 e. The van der Waals surface area contributed by atoms with E-state index >= 15 is 0 Å². The highest BCUT2D eigenvalue weighted by Crippen LogP contribution is 2.45. The predicted molar refractivity (Wildman–Crippen MR) is 99.1 cm³/mol. The summed E-state index contributed by atoms with van der Waals surface area (Å²) in [4.78, 5) is 2.57. The van der Waals surface area contributed by atoms with Gasteiger partial charge in [-0.1, -0.05) is 40.0 Å². The molecule has 3 aliphatic rings. The molecule has 0 aromatic heterocycles. The summed E-state index contributed by atoms with van der Waals surface area (Å²) in [5, 5.41) is 0. The van der Waals surface area contributed by atoms with Crippen molar-refractivity contribution >= 4 is 0 Å². The Labute approximate surface area is 149 Å². The van der Waals surface area contributed by atoms with Crippen LogP contribution in [0.2, 0.25) is 0 Å². The predicted octanol–water partition coefficient (Wildman–Crippen LogP) is 4.99. The van der Waals surface area contributed by atoms with Crippen molar-refractivity contribution in [2.24, 2.45) is 11.3 Å². The van der Waals surface area contributed by atoms with Crippen molar-refractivity contribution < 1.29 is 9.47 Å². The van der Waals surface area contributed by atoms with Crippen LogP contribution >= 0.6 is 0 Å². The second kappa shape index (κ2) is 7.63. The van der Waals surface area contributed by atoms with Gasteiger partial charge in [-0.25, -0.2) is 0 Å². The van der Waals surface area contributed by atoms with Gasteiger partial charge in [0.05, 0.1) is 12.7 Å². The summed E-state index contributed by atoms with van der Waals surface area (Å²) < 4.78 is 12.6. The fraction of sp³-hybridized carbons (Fsp3) is 1.00. The molecule has 3 fully saturated rings. The van der Waals surface area contributed by atoms with E-state index in [9.17, 15) is 0 Å². The van der Waals surface area contributed by atoms with Gasteiger partial charge < -0.3 is 14.4 Å². The smallest absolute Gasteiger partial charge is 0.168 e. The standard InChI is InChI=1S/C21H39NO2/c1-20(2,3)17-10-13-21(14-11-17)23-16-19(24-21)12-15-22(4)18-8-6-5-7-9-18/h17-19H,5-16H2,1-4H3. The van der Waals surface area contributed by atoms with Crippen molar-refractivity contribution in [2.45, 2.75) is 103 Å². The fourth-order valence-corrected chi connectivity index (χ4v) is 5.00. The monoisotopic (exact) mass is 337 g/mol. The third-order valence-electron chi connectivity index (χ3n) is 6.89. The number of ether oxygens (including phenoxy) is 2. The van der Waals surface area contributed by atoms with E-state index in [0.29, 0.717) is 11.5 Å². The lowest BCUT2D eigenvalue weighted by Crippen LogP contribution is -2.39. The van der Waals surface area contributed by atoms with E-state index in [-0.39, 0.29) is 5.79 Å². The van der Waals surface area contributed by atoms with Crippen molar-refractivity contribution in [1.29, 1.82) is 0 Å². The second-order valence-corrected chi connectivity index (χ2v) is 9.66. The summed E-state index contributed by atoms with van der Waals surface area (Å²) in [6.45, 7) is 9.07. The average molecular weight is 338 g/mol. The van der Waals surface area contributed by atoms with E-state index in [4.69, 9.17) is 9.47 Å². The molecular weight excluding hydrogens is 298 g/mol. The topological polar surface area (TPSA) is 21.7 Å². The molecule has 1 spiro atoms. The molecule has 0 aromatic carbocycles. The Morgan fingerprint density at radius 3 is 2.29 bits per heavy atom. The van der Waals surface area contributed by atoms with Gasteiger partial charge in [0.15, 0.2) is 5.79 Å². The van der Waals surface area contributed by atoms with Gasteiger partial charge >= 0.3 is 0 Å². The van der Waals surface area contributed by atoms with E-state index in [0.717, 1.165) is 44.4 Å². The van der Waals surface area contributed by atoms with Gasteiger partial charge in [0.2, 0.25) is 0 Å². The van der Waals surface area contributed by atoms with Crippen molar-refractivity contribution in [2.75, 3.05) is 20.2 Å². The Balaban J connectivity index is 1.41. The molecule has 1 saturated heterocycles. The van der Waals surface area contributed by atoms with Gasteiger partial charge in [-0.15, -0.1) is 0 Å². The van der Waals surface area contributed by atoms with Crippen LogP contribution < -0.4 is 0 Å². The Bertz CT molecular complexity index is 389. The summed E-state index contributed by atoms with van der Waals surface area (Å²) in [7, 11) is 2.30. The van der Waals surface area contributed by atoms with E-state index in [1.54, 1.807) is 0 Å². The van der Waals surface area contributed by atoms with Gasteiger partial charge in [0.1, 0.15) is 0 Å². The highest BCUT2D eigenvalue weighted by molar-refractivity contribution is 4.89. The zero-order chi connectivity index (χ0) is 17.2. The summed E-state index contributed by atoms with van der Waals surface area (Å²) in [5.74, 6) is 0.572. The average Bonchev–Trinajstić information content (AvgIpc) is 2.96. The second-order valence-electron chi connectivity index (χ2n) is 9.66. The van der Waals surface area contributed by atoms with Crippen LogP contribution in [0.25, 0.3) is 0 Å². The minimum Gasteiger partial charge on any atom is -0.347 e. The largest absolute Gasteiger partial charge is 0.347 e. The Morgan fingerprint density at radius 1 is 1.00 bits per heavy atom. The van der Waals surface area contributed by atoms with Crippen molar-refractivity contribution in [3.8, 4) is 0 Å². The number of hydrogen-bond donors (Lipinski definition) is 0. The zero-order valence-corrected chi connectivity index (χ0v) is 16.5. The van der Waals surface area contributed by atoms with E-state index in [2.05, 4.69) is 32.7 Å². The maximum absolute atomic E-state index is 6.44. The highest BCUT2D eigenvalue weighted by atomic mass is 16.7. The molecule has 3 rings (SSSR count). The summed E-state index contributed by atoms with van der Waals surface area (Å²) in [6, 6.07) is 0.803. The summed E-state index contributed by atoms with van der Waals surface area (Å²) in [6.07, 6.45) is 13.1. The minimum absolute atomic E-state index is 0.240. The van der Waals surface area contributed by atoms with Crippen molar-refractivity contribution in [1.82, 2.24) is 4.90 Å². The Morgan fingerprint density at radius 2 is 1.67 bits per heavy atom. The lowest BCUT2D eigenvalue weighted by atomic mass is 9.71. The lowest BCUT2D eigenvalue weighted by Gasteiger charge is -2.41. The first-order chi connectivity index (χ1) is 11.4. The molecule has 2 aliphatic carbocycles. The molecule has 24 heavy (non-hydrogen) atoms. The molecule has 0 amide bonds. The van der Waals surface area contributed by atoms with Crippen LogP contribution in [0.5, 0.6) is 0 Å². The van der Waals surface area contributed by atoms with Crippen LogP contribution in [0.4, 0.5) is 0 Å². The highest BCUT2D eigenvalue weighted by Gasteiger charge is 2.45. The Hall–Kier alpha value is -0.120. The maximum atomic E-state index is 6.44. The molecule has 0 aromatic rings. The molecule has 3 heteroatoms. The zero-order valence-electron chi connectivity index (χ0n) is 16.5. The van der Waals surface area contributed by atoms with Crippen LogP contribution in [0.1, 0.15) is 85.0 Å². The summed E-state index contributed by atoms with van der Waals surface area (Å²) >= 11 is 0. The Kier molecular flexibility index (Phi) is 5.94. The first-order valence-electron chi connectivity index (χ1n) is 10.4. The molecule has 1 heterocycles. The normalized spacial score (nSPS) is 35.9. The van der Waals surface area contributed by atoms with Crippen molar-refractivity contribution in [3.05, 3.63) is 0 Å². The van der Waals surface area contributed by atoms with E-state index < -0.39 is 0 Å². The van der Waals surface area contributed by atoms with Gasteiger partial charge in [-0.05, 0) is 50.5 Å². The number of hydrogen-bond acceptors (Lipinski definition) is 3. The molecular formula is C21H39NO2. The van der Waals surface area contributed by atoms with Crippen molar-refractivity contribution in [3.63, 3.8) is 0 Å². The van der Waals surface area contributed by atoms with Gasteiger partial charge in [0.25, 0.3) is 0 Å². The third-order valence-corrected chi connectivity index (χ3v) is 6.89. The first-order valence-corrected chi connectivity index (χ1v) is 10.4. The molecule has 0 radical (unpaired) electrons. The molecule has 1 aliphatic heterocycles. The minimum atomic E-state index is -0.240. The molecule has 2 saturated carbocycles.